The Morgan fingerprint density at radius 3 is 1.25 bits per heavy atom. The molecule has 0 spiro atoms. The zero-order valence-electron chi connectivity index (χ0n) is 5.21. The van der Waals surface area contributed by atoms with E-state index in [-0.39, 0.29) is 105 Å². The van der Waals surface area contributed by atoms with Crippen molar-refractivity contribution in [2.45, 2.75) is 0 Å². The molecule has 4 heavy (non-hydrogen) atoms. The minimum absolute atomic E-state index is 0. The van der Waals surface area contributed by atoms with Gasteiger partial charge in [0.1, 0.15) is 0 Å². The summed E-state index contributed by atoms with van der Waals surface area (Å²) in [7, 11) is 0. The molecule has 0 amide bonds. The molecule has 0 aliphatic carbocycles. The van der Waals surface area contributed by atoms with Gasteiger partial charge in [0, 0.05) is 41.7 Å². The Balaban J connectivity index is 0. The third-order valence-corrected chi connectivity index (χ3v) is 0. The summed E-state index contributed by atoms with van der Waals surface area (Å²) < 4.78 is 0. The number of hydrogen-bond acceptors (Lipinski definition) is 0. The number of rotatable bonds is 0. The summed E-state index contributed by atoms with van der Waals surface area (Å²) in [5, 5.41) is 0. The second-order valence-corrected chi connectivity index (χ2v) is 0. The van der Waals surface area contributed by atoms with Crippen LogP contribution in [0.25, 0.3) is 0 Å². The summed E-state index contributed by atoms with van der Waals surface area (Å²) in [6.07, 6.45) is 0. The Morgan fingerprint density at radius 1 is 1.25 bits per heavy atom. The van der Waals surface area contributed by atoms with Crippen LogP contribution in [-0.4, -0.2) is 40.4 Å². The van der Waals surface area contributed by atoms with Gasteiger partial charge in [-0.1, -0.05) is 0 Å². The molecule has 0 unspecified atom stereocenters. The van der Waals surface area contributed by atoms with Gasteiger partial charge in [-0.05, 0) is 0 Å². The minimum atomic E-state index is 0. The largest absolute Gasteiger partial charge is 2.00 e. The SMILES string of the molecule is [AlH3].[Ce].[H-].[H-].[H-].[Li+].[Mg+2]. The fourth-order valence-electron chi connectivity index (χ4n) is 0. The maximum Gasteiger partial charge on any atom is 2.00 e. The molecule has 0 saturated heterocycles. The Bertz CT molecular complexity index is 14.9. The predicted octanol–water partition coefficient (Wildman–Crippen LogP) is -4.22. The molecule has 0 N–H and O–H groups in total. The smallest absolute Gasteiger partial charge is 1.00 e. The Hall–Kier alpha value is 3.27. The van der Waals surface area contributed by atoms with Crippen molar-refractivity contribution < 1.29 is 64.9 Å². The van der Waals surface area contributed by atoms with Gasteiger partial charge in [-0.25, -0.2) is 0 Å². The molecular formula is H6AlCeLiMg. The van der Waals surface area contributed by atoms with E-state index in [1.165, 1.54) is 0 Å². The number of hydrogen-bond donors (Lipinski definition) is 0. The molecule has 0 aromatic heterocycles. The van der Waals surface area contributed by atoms with Crippen LogP contribution in [0.3, 0.4) is 0 Å². The average Bonchev–Trinajstić information content (AvgIpc) is 0. The van der Waals surface area contributed by atoms with E-state index in [0.717, 1.165) is 0 Å². The molecule has 0 saturated carbocycles. The molecule has 0 aliphatic rings. The van der Waals surface area contributed by atoms with E-state index in [0.29, 0.717) is 0 Å². The standard InChI is InChI=1S/Al.Ce.Li.Mg.6H/q;;+1;+2;;;;3*-1. The molecule has 0 rings (SSSR count). The van der Waals surface area contributed by atoms with Gasteiger partial charge in [-0.3, -0.25) is 0 Å². The van der Waals surface area contributed by atoms with Crippen LogP contribution in [-0.2, 0) is 0 Å². The summed E-state index contributed by atoms with van der Waals surface area (Å²) in [4.78, 5) is 0. The van der Waals surface area contributed by atoms with Gasteiger partial charge in [0.05, 0.1) is 0 Å². The Morgan fingerprint density at radius 2 is 1.25 bits per heavy atom. The van der Waals surface area contributed by atoms with Crippen molar-refractivity contribution in [3.05, 3.63) is 0 Å². The van der Waals surface area contributed by atoms with Crippen molar-refractivity contribution >= 4 is 40.4 Å². The maximum absolute atomic E-state index is 0. The molecular weight excluding hydrogens is 198 g/mol. The van der Waals surface area contributed by atoms with E-state index in [4.69, 9.17) is 0 Å². The molecule has 0 aromatic rings. The topological polar surface area (TPSA) is 0 Å². The molecule has 0 nitrogen and oxygen atoms in total. The summed E-state index contributed by atoms with van der Waals surface area (Å²) >= 11 is 0. The normalized spacial score (nSPS) is 0. The zero-order chi connectivity index (χ0) is 0. The average molecular weight is 204 g/mol. The van der Waals surface area contributed by atoms with Crippen LogP contribution in [0, 0.1) is 41.7 Å². The van der Waals surface area contributed by atoms with E-state index in [1.807, 2.05) is 0 Å². The molecule has 0 bridgehead atoms. The maximum atomic E-state index is 0. The fraction of sp³-hybridized carbons (Fsp3) is 0. The second-order valence-electron chi connectivity index (χ2n) is 0. The van der Waals surface area contributed by atoms with Crippen molar-refractivity contribution in [1.29, 1.82) is 0 Å². The first kappa shape index (κ1) is 26.7. The molecule has 0 atom stereocenters. The zero-order valence-corrected chi connectivity index (χ0v) is 6.76. The first-order valence-electron chi connectivity index (χ1n) is 0. The summed E-state index contributed by atoms with van der Waals surface area (Å²) in [6, 6.07) is 0. The second kappa shape index (κ2) is 16.3. The van der Waals surface area contributed by atoms with Crippen LogP contribution >= 0.6 is 0 Å². The van der Waals surface area contributed by atoms with Crippen molar-refractivity contribution in [2.24, 2.45) is 0 Å². The van der Waals surface area contributed by atoms with Gasteiger partial charge in [0.2, 0.25) is 0 Å². The van der Waals surface area contributed by atoms with E-state index < -0.39 is 0 Å². The van der Waals surface area contributed by atoms with Gasteiger partial charge in [-0.15, -0.1) is 0 Å². The van der Waals surface area contributed by atoms with Gasteiger partial charge >= 0.3 is 41.9 Å². The third-order valence-electron chi connectivity index (χ3n) is 0. The van der Waals surface area contributed by atoms with E-state index in [1.54, 1.807) is 0 Å². The minimum Gasteiger partial charge on any atom is -1.00 e. The Kier molecular flexibility index (Phi) is 109. The van der Waals surface area contributed by atoms with Crippen molar-refractivity contribution in [3.8, 4) is 0 Å². The third kappa shape index (κ3) is 8.99. The van der Waals surface area contributed by atoms with Gasteiger partial charge < -0.3 is 4.28 Å². The first-order valence-corrected chi connectivity index (χ1v) is 0. The molecule has 0 heterocycles. The molecule has 0 aliphatic heterocycles. The Labute approximate surface area is 103 Å². The van der Waals surface area contributed by atoms with Crippen LogP contribution in [0.4, 0.5) is 0 Å². The van der Waals surface area contributed by atoms with Crippen LogP contribution in [0.2, 0.25) is 0 Å². The van der Waals surface area contributed by atoms with Gasteiger partial charge in [-0.2, -0.15) is 0 Å². The van der Waals surface area contributed by atoms with Gasteiger partial charge in [0.15, 0.2) is 17.4 Å². The molecule has 0 radical (unpaired) electrons. The van der Waals surface area contributed by atoms with Crippen LogP contribution in [0.5, 0.6) is 0 Å². The van der Waals surface area contributed by atoms with E-state index in [2.05, 4.69) is 0 Å². The molecule has 0 fully saturated rings. The van der Waals surface area contributed by atoms with Gasteiger partial charge in [0.25, 0.3) is 0 Å². The fourth-order valence-corrected chi connectivity index (χ4v) is 0. The summed E-state index contributed by atoms with van der Waals surface area (Å²) in [6.45, 7) is 0. The quantitative estimate of drug-likeness (QED) is 0.351. The van der Waals surface area contributed by atoms with E-state index in [9.17, 15) is 0 Å². The van der Waals surface area contributed by atoms with Crippen LogP contribution < -0.4 is 18.9 Å². The van der Waals surface area contributed by atoms with Crippen molar-refractivity contribution in [2.75, 3.05) is 0 Å². The molecule has 0 aromatic carbocycles. The predicted molar refractivity (Wildman–Crippen MR) is 19.0 cm³/mol. The van der Waals surface area contributed by atoms with Crippen LogP contribution in [0.15, 0.2) is 0 Å². The van der Waals surface area contributed by atoms with E-state index >= 15 is 0 Å². The summed E-state index contributed by atoms with van der Waals surface area (Å²) in [5.74, 6) is 0. The van der Waals surface area contributed by atoms with Crippen molar-refractivity contribution in [3.63, 3.8) is 0 Å². The monoisotopic (exact) mass is 204 g/mol. The summed E-state index contributed by atoms with van der Waals surface area (Å²) in [5.41, 5.74) is 0. The molecule has 4 heteroatoms. The first-order chi connectivity index (χ1) is 0. The molecule has 16 valence electrons. The van der Waals surface area contributed by atoms with Crippen molar-refractivity contribution in [1.82, 2.24) is 0 Å². The van der Waals surface area contributed by atoms with Crippen LogP contribution in [0.1, 0.15) is 4.28 Å².